The fourth-order valence-electron chi connectivity index (χ4n) is 3.01. The largest absolute Gasteiger partial charge is 0.507 e. The lowest BCUT2D eigenvalue weighted by Gasteiger charge is -2.10. The predicted octanol–water partition coefficient (Wildman–Crippen LogP) is 4.62. The Bertz CT molecular complexity index is 1310. The van der Waals surface area contributed by atoms with Crippen molar-refractivity contribution in [3.63, 3.8) is 0 Å². The molecule has 4 aromatic rings. The molecule has 0 spiro atoms. The van der Waals surface area contributed by atoms with Gasteiger partial charge in [-0.25, -0.2) is 13.8 Å². The van der Waals surface area contributed by atoms with Crippen molar-refractivity contribution in [2.45, 2.75) is 6.92 Å². The molecule has 0 fully saturated rings. The summed E-state index contributed by atoms with van der Waals surface area (Å²) in [6, 6.07) is 11.2. The molecule has 0 aliphatic heterocycles. The van der Waals surface area contributed by atoms with Crippen molar-refractivity contribution in [1.82, 2.24) is 4.98 Å². The molecule has 0 saturated carbocycles. The average Bonchev–Trinajstić information content (AvgIpc) is 3.06. The van der Waals surface area contributed by atoms with Gasteiger partial charge in [-0.1, -0.05) is 0 Å². The number of halogens is 2. The Balaban J connectivity index is 1.49. The lowest BCUT2D eigenvalue weighted by Crippen LogP contribution is -2.14. The highest BCUT2D eigenvalue weighted by atomic mass is 19.1. The van der Waals surface area contributed by atoms with Crippen LogP contribution in [0.2, 0.25) is 0 Å². The number of phenols is 1. The van der Waals surface area contributed by atoms with Gasteiger partial charge in [-0.05, 0) is 42.5 Å². The number of hydrogen-bond acceptors (Lipinski definition) is 5. The topological polar surface area (TPSA) is 104 Å². The molecular weight excluding hydrogens is 408 g/mol. The monoisotopic (exact) mass is 423 g/mol. The molecular formula is C22H15F2N3O4. The number of fused-ring (bicyclic) bond motifs is 1. The van der Waals surface area contributed by atoms with Crippen molar-refractivity contribution in [3.05, 3.63) is 83.2 Å². The van der Waals surface area contributed by atoms with Gasteiger partial charge in [0.15, 0.2) is 11.5 Å². The molecule has 7 nitrogen and oxygen atoms in total. The summed E-state index contributed by atoms with van der Waals surface area (Å²) >= 11 is 0. The Labute approximate surface area is 174 Å². The van der Waals surface area contributed by atoms with Gasteiger partial charge in [-0.15, -0.1) is 0 Å². The molecule has 156 valence electrons. The number of aryl methyl sites for hydroxylation is 1. The number of anilines is 2. The number of aromatic hydroxyl groups is 1. The molecule has 0 aliphatic rings. The lowest BCUT2D eigenvalue weighted by atomic mass is 10.1. The number of benzene rings is 3. The number of nitrogens with one attached hydrogen (secondary N) is 2. The highest BCUT2D eigenvalue weighted by Crippen LogP contribution is 2.25. The van der Waals surface area contributed by atoms with Gasteiger partial charge >= 0.3 is 0 Å². The van der Waals surface area contributed by atoms with Gasteiger partial charge in [0.1, 0.15) is 22.9 Å². The Morgan fingerprint density at radius 2 is 1.55 bits per heavy atom. The van der Waals surface area contributed by atoms with E-state index in [2.05, 4.69) is 15.6 Å². The van der Waals surface area contributed by atoms with Crippen LogP contribution in [-0.2, 0) is 0 Å². The SMILES string of the molecule is Cc1nc2cc(NC(=O)c3ccc(NC(=O)c4cc(F)cc(F)c4)cc3O)ccc2o1. The number of carbonyl (C=O) groups excluding carboxylic acids is 2. The Kier molecular flexibility index (Phi) is 5.08. The van der Waals surface area contributed by atoms with Crippen molar-refractivity contribution in [3.8, 4) is 5.75 Å². The van der Waals surface area contributed by atoms with Crippen molar-refractivity contribution in [2.75, 3.05) is 10.6 Å². The van der Waals surface area contributed by atoms with E-state index in [0.717, 1.165) is 18.2 Å². The fraction of sp³-hybridized carbons (Fsp3) is 0.0455. The maximum absolute atomic E-state index is 13.3. The van der Waals surface area contributed by atoms with Crippen LogP contribution >= 0.6 is 0 Å². The quantitative estimate of drug-likeness (QED) is 0.444. The second kappa shape index (κ2) is 7.86. The summed E-state index contributed by atoms with van der Waals surface area (Å²) in [5.41, 5.74) is 1.49. The molecule has 2 amide bonds. The van der Waals surface area contributed by atoms with Gasteiger partial charge in [-0.3, -0.25) is 9.59 Å². The first kappa shape index (κ1) is 20.0. The molecule has 1 aromatic heterocycles. The van der Waals surface area contributed by atoms with Gasteiger partial charge in [0.05, 0.1) is 5.56 Å². The fourth-order valence-corrected chi connectivity index (χ4v) is 3.01. The van der Waals surface area contributed by atoms with Crippen LogP contribution in [0, 0.1) is 18.6 Å². The second-order valence-corrected chi connectivity index (χ2v) is 6.71. The van der Waals surface area contributed by atoms with E-state index in [1.807, 2.05) is 0 Å². The minimum Gasteiger partial charge on any atom is -0.507 e. The number of aromatic nitrogens is 1. The molecule has 1 heterocycles. The summed E-state index contributed by atoms with van der Waals surface area (Å²) in [7, 11) is 0. The summed E-state index contributed by atoms with van der Waals surface area (Å²) in [6.07, 6.45) is 0. The van der Waals surface area contributed by atoms with Gasteiger partial charge < -0.3 is 20.2 Å². The van der Waals surface area contributed by atoms with E-state index in [-0.39, 0.29) is 22.6 Å². The van der Waals surface area contributed by atoms with Crippen LogP contribution in [0.3, 0.4) is 0 Å². The number of amides is 2. The minimum atomic E-state index is -0.890. The summed E-state index contributed by atoms with van der Waals surface area (Å²) in [6.45, 7) is 1.71. The van der Waals surface area contributed by atoms with Crippen LogP contribution in [0.15, 0.2) is 59.0 Å². The molecule has 31 heavy (non-hydrogen) atoms. The number of oxazole rings is 1. The molecule has 9 heteroatoms. The van der Waals surface area contributed by atoms with Crippen molar-refractivity contribution in [1.29, 1.82) is 0 Å². The highest BCUT2D eigenvalue weighted by molar-refractivity contribution is 6.08. The van der Waals surface area contributed by atoms with Crippen LogP contribution in [0.5, 0.6) is 5.75 Å². The number of rotatable bonds is 4. The van der Waals surface area contributed by atoms with Crippen molar-refractivity contribution >= 4 is 34.3 Å². The third kappa shape index (κ3) is 4.35. The molecule has 0 atom stereocenters. The smallest absolute Gasteiger partial charge is 0.259 e. The predicted molar refractivity (Wildman–Crippen MR) is 109 cm³/mol. The highest BCUT2D eigenvalue weighted by Gasteiger charge is 2.15. The Hall–Kier alpha value is -4.27. The molecule has 4 rings (SSSR count). The first-order chi connectivity index (χ1) is 14.8. The molecule has 0 saturated heterocycles. The van der Waals surface area contributed by atoms with E-state index >= 15 is 0 Å². The van der Waals surface area contributed by atoms with Gasteiger partial charge in [0.2, 0.25) is 0 Å². The zero-order valence-corrected chi connectivity index (χ0v) is 16.1. The van der Waals surface area contributed by atoms with Gasteiger partial charge in [-0.2, -0.15) is 0 Å². The molecule has 3 N–H and O–H groups in total. The maximum atomic E-state index is 13.3. The van der Waals surface area contributed by atoms with E-state index in [0.29, 0.717) is 28.7 Å². The Morgan fingerprint density at radius 1 is 0.903 bits per heavy atom. The summed E-state index contributed by atoms with van der Waals surface area (Å²) in [5, 5.41) is 15.3. The van der Waals surface area contributed by atoms with E-state index in [1.54, 1.807) is 25.1 Å². The zero-order chi connectivity index (χ0) is 22.1. The summed E-state index contributed by atoms with van der Waals surface area (Å²) in [4.78, 5) is 28.9. The number of phenolic OH excluding ortho intramolecular Hbond substituents is 1. The number of carbonyl (C=O) groups is 2. The summed E-state index contributed by atoms with van der Waals surface area (Å²) < 4.78 is 32.0. The maximum Gasteiger partial charge on any atom is 0.259 e. The first-order valence-corrected chi connectivity index (χ1v) is 9.07. The van der Waals surface area contributed by atoms with Crippen molar-refractivity contribution < 1.29 is 27.9 Å². The third-order valence-corrected chi connectivity index (χ3v) is 4.38. The van der Waals surface area contributed by atoms with Crippen LogP contribution in [0.1, 0.15) is 26.6 Å². The minimum absolute atomic E-state index is 0.0359. The third-order valence-electron chi connectivity index (χ3n) is 4.38. The average molecular weight is 423 g/mol. The van der Waals surface area contributed by atoms with E-state index in [9.17, 15) is 23.5 Å². The zero-order valence-electron chi connectivity index (χ0n) is 16.1. The van der Waals surface area contributed by atoms with Crippen LogP contribution in [0.25, 0.3) is 11.1 Å². The standard InChI is InChI=1S/C22H15F2N3O4/c1-11-25-18-9-15(3-5-20(18)31-11)27-22(30)17-4-2-16(10-19(17)28)26-21(29)12-6-13(23)8-14(24)7-12/h2-10,28H,1H3,(H,26,29)(H,27,30). The summed E-state index contributed by atoms with van der Waals surface area (Å²) in [5.74, 6) is -3.03. The molecule has 0 unspecified atom stereocenters. The second-order valence-electron chi connectivity index (χ2n) is 6.71. The molecule has 3 aromatic carbocycles. The van der Waals surface area contributed by atoms with Crippen LogP contribution in [0.4, 0.5) is 20.2 Å². The van der Waals surface area contributed by atoms with Crippen LogP contribution in [-0.4, -0.2) is 21.9 Å². The van der Waals surface area contributed by atoms with E-state index in [4.69, 9.17) is 4.42 Å². The Morgan fingerprint density at radius 3 is 2.26 bits per heavy atom. The van der Waals surface area contributed by atoms with E-state index in [1.165, 1.54) is 12.1 Å². The number of hydrogen-bond donors (Lipinski definition) is 3. The van der Waals surface area contributed by atoms with Crippen molar-refractivity contribution in [2.24, 2.45) is 0 Å². The molecule has 0 radical (unpaired) electrons. The molecule has 0 aliphatic carbocycles. The van der Waals surface area contributed by atoms with Crippen LogP contribution < -0.4 is 10.6 Å². The van der Waals surface area contributed by atoms with Gasteiger partial charge in [0.25, 0.3) is 11.8 Å². The van der Waals surface area contributed by atoms with E-state index < -0.39 is 23.4 Å². The first-order valence-electron chi connectivity index (χ1n) is 9.07. The molecule has 0 bridgehead atoms. The normalized spacial score (nSPS) is 10.8. The van der Waals surface area contributed by atoms with Gasteiger partial charge in [0, 0.05) is 36.0 Å². The lowest BCUT2D eigenvalue weighted by molar-refractivity contribution is 0.101. The number of nitrogens with zero attached hydrogens (tertiary/aromatic N) is 1.